The monoisotopic (exact) mass is 438 g/mol. The summed E-state index contributed by atoms with van der Waals surface area (Å²) < 4.78 is 25.4. The highest BCUT2D eigenvalue weighted by atomic mass is 32.1. The van der Waals surface area contributed by atoms with Crippen molar-refractivity contribution in [2.45, 2.75) is 70.5 Å². The van der Waals surface area contributed by atoms with Crippen molar-refractivity contribution in [1.29, 1.82) is 0 Å². The summed E-state index contributed by atoms with van der Waals surface area (Å²) in [4.78, 5) is 26.0. The van der Waals surface area contributed by atoms with E-state index in [1.165, 1.54) is 23.8 Å². The summed E-state index contributed by atoms with van der Waals surface area (Å²) in [6.45, 7) is 6.43. The van der Waals surface area contributed by atoms with Gasteiger partial charge in [0.05, 0.1) is 6.61 Å². The number of nitrogens with one attached hydrogen (secondary N) is 1. The summed E-state index contributed by atoms with van der Waals surface area (Å²) in [5, 5.41) is 0. The van der Waals surface area contributed by atoms with E-state index in [2.05, 4.69) is 17.8 Å². The Morgan fingerprint density at radius 3 is 2.67 bits per heavy atom. The molecule has 9 heteroatoms. The first-order valence-electron chi connectivity index (χ1n) is 10.2. The molecule has 4 atom stereocenters. The van der Waals surface area contributed by atoms with E-state index in [9.17, 15) is 9.59 Å². The highest BCUT2D eigenvalue weighted by Crippen LogP contribution is 2.41. The molecule has 0 aromatic carbocycles. The highest BCUT2D eigenvalue weighted by molar-refractivity contribution is 7.71. The number of ether oxygens (including phenoxy) is 4. The summed E-state index contributed by atoms with van der Waals surface area (Å²) in [6, 6.07) is 1.31. The molecule has 0 radical (unpaired) electrons. The summed E-state index contributed by atoms with van der Waals surface area (Å²) >= 11 is 5.28. The summed E-state index contributed by atoms with van der Waals surface area (Å²) in [5.74, 6) is 2.18. The molecule has 0 spiro atoms. The molecule has 1 unspecified atom stereocenters. The Hall–Kier alpha value is -1.99. The van der Waals surface area contributed by atoms with E-state index in [4.69, 9.17) is 37.6 Å². The normalized spacial score (nSPS) is 25.7. The average molecular weight is 439 g/mol. The van der Waals surface area contributed by atoms with Crippen molar-refractivity contribution in [3.63, 3.8) is 0 Å². The number of carbonyl (C=O) groups is 1. The van der Waals surface area contributed by atoms with Crippen LogP contribution in [0.2, 0.25) is 0 Å². The second-order valence-corrected chi connectivity index (χ2v) is 7.57. The number of hydrogen-bond acceptors (Lipinski definition) is 7. The zero-order valence-electron chi connectivity index (χ0n) is 17.7. The number of unbranched alkanes of at least 4 members (excludes halogenated alkanes) is 2. The fourth-order valence-corrected chi connectivity index (χ4v) is 3.51. The number of hydrogen-bond donors (Lipinski definition) is 1. The van der Waals surface area contributed by atoms with Gasteiger partial charge in [0.15, 0.2) is 22.7 Å². The largest absolute Gasteiger partial charge is 0.455 e. The number of aromatic amines is 1. The molecule has 2 heterocycles. The molecule has 0 bridgehead atoms. The molecule has 8 nitrogen and oxygen atoms in total. The minimum absolute atomic E-state index is 0.0746. The maximum Gasteiger partial charge on any atom is 0.303 e. The lowest BCUT2D eigenvalue weighted by Gasteiger charge is -2.30. The zero-order valence-corrected chi connectivity index (χ0v) is 18.5. The molecule has 1 aliphatic rings. The Labute approximate surface area is 181 Å². The molecule has 0 amide bonds. The molecule has 1 fully saturated rings. The van der Waals surface area contributed by atoms with Crippen molar-refractivity contribution in [3.05, 3.63) is 27.4 Å². The van der Waals surface area contributed by atoms with E-state index >= 15 is 0 Å². The van der Waals surface area contributed by atoms with Gasteiger partial charge in [-0.15, -0.1) is 6.42 Å². The first-order valence-corrected chi connectivity index (χ1v) is 10.6. The van der Waals surface area contributed by atoms with Crippen molar-refractivity contribution in [2.24, 2.45) is 0 Å². The lowest BCUT2D eigenvalue weighted by molar-refractivity contribution is -0.158. The van der Waals surface area contributed by atoms with Crippen LogP contribution in [0.4, 0.5) is 0 Å². The molecular formula is C21H30N2O6S. The second-order valence-electron chi connectivity index (χ2n) is 7.18. The van der Waals surface area contributed by atoms with Crippen LogP contribution in [0.25, 0.3) is 0 Å². The summed E-state index contributed by atoms with van der Waals surface area (Å²) in [5.41, 5.74) is -1.63. The molecule has 1 N–H and O–H groups in total. The van der Waals surface area contributed by atoms with Crippen LogP contribution in [-0.4, -0.2) is 53.2 Å². The van der Waals surface area contributed by atoms with Crippen molar-refractivity contribution in [3.8, 4) is 12.3 Å². The Balaban J connectivity index is 2.45. The zero-order chi connectivity index (χ0) is 22.1. The van der Waals surface area contributed by atoms with Crippen LogP contribution >= 0.6 is 12.2 Å². The summed E-state index contributed by atoms with van der Waals surface area (Å²) in [6.07, 6.45) is 8.46. The number of rotatable bonds is 11. The Morgan fingerprint density at radius 2 is 2.07 bits per heavy atom. The van der Waals surface area contributed by atoms with Gasteiger partial charge in [0.25, 0.3) is 5.56 Å². The minimum Gasteiger partial charge on any atom is -0.455 e. The molecule has 166 valence electrons. The second kappa shape index (κ2) is 11.4. The molecular weight excluding hydrogens is 408 g/mol. The van der Waals surface area contributed by atoms with Crippen molar-refractivity contribution < 1.29 is 23.7 Å². The molecule has 0 aliphatic carbocycles. The van der Waals surface area contributed by atoms with Crippen molar-refractivity contribution in [1.82, 2.24) is 9.55 Å². The fraction of sp³-hybridized carbons (Fsp3) is 0.667. The van der Waals surface area contributed by atoms with Gasteiger partial charge < -0.3 is 18.9 Å². The molecule has 1 aliphatic heterocycles. The molecule has 0 saturated carbocycles. The van der Waals surface area contributed by atoms with Crippen LogP contribution in [-0.2, 0) is 23.7 Å². The standard InChI is InChI=1S/C21H30N2O6S/c1-5-8-12-26-14-21(7-3)18(27-13-9-6-2)17(28-15(4)24)19(29-21)23-11-10-16(25)22-20(23)30/h3,10-11,17-19H,5-6,8-9,12-14H2,1-2,4H3,(H,22,25,30)/t17-,18?,19+,21+/m0/s1. The van der Waals surface area contributed by atoms with Crippen LogP contribution in [0.3, 0.4) is 0 Å². The fourth-order valence-electron chi connectivity index (χ4n) is 3.25. The van der Waals surface area contributed by atoms with E-state index in [0.717, 1.165) is 25.7 Å². The number of carbonyl (C=O) groups excluding carboxylic acids is 1. The van der Waals surface area contributed by atoms with Crippen molar-refractivity contribution in [2.75, 3.05) is 19.8 Å². The van der Waals surface area contributed by atoms with Crippen LogP contribution in [0, 0.1) is 17.1 Å². The first-order chi connectivity index (χ1) is 14.4. The number of aromatic nitrogens is 2. The number of nitrogens with zero attached hydrogens (tertiary/aromatic N) is 1. The molecule has 1 aromatic rings. The third kappa shape index (κ3) is 5.79. The predicted molar refractivity (Wildman–Crippen MR) is 114 cm³/mol. The third-order valence-corrected chi connectivity index (χ3v) is 5.11. The van der Waals surface area contributed by atoms with Gasteiger partial charge >= 0.3 is 5.97 Å². The van der Waals surface area contributed by atoms with Gasteiger partial charge in [-0.3, -0.25) is 19.1 Å². The van der Waals surface area contributed by atoms with Gasteiger partial charge in [0, 0.05) is 32.4 Å². The van der Waals surface area contributed by atoms with Gasteiger partial charge in [0.1, 0.15) is 6.10 Å². The number of H-pyrrole nitrogens is 1. The van der Waals surface area contributed by atoms with Crippen LogP contribution in [0.15, 0.2) is 17.1 Å². The first kappa shape index (κ1) is 24.3. The number of esters is 1. The maximum absolute atomic E-state index is 11.9. The SMILES string of the molecule is C#C[C@]1(COCCCC)O[C@@H](n2ccc(=O)[nH]c2=S)[C@@H](OC(C)=O)C1OCCCC. The minimum atomic E-state index is -1.28. The van der Waals surface area contributed by atoms with Crippen LogP contribution in [0.1, 0.15) is 52.7 Å². The third-order valence-electron chi connectivity index (χ3n) is 4.80. The van der Waals surface area contributed by atoms with Gasteiger partial charge in [0.2, 0.25) is 0 Å². The predicted octanol–water partition coefficient (Wildman–Crippen LogP) is 2.74. The molecule has 1 saturated heterocycles. The Kier molecular flexibility index (Phi) is 9.24. The number of terminal acetylenes is 1. The molecule has 2 rings (SSSR count). The van der Waals surface area contributed by atoms with E-state index in [-0.39, 0.29) is 16.9 Å². The average Bonchev–Trinajstić information content (AvgIpc) is 2.99. The topological polar surface area (TPSA) is 91.8 Å². The van der Waals surface area contributed by atoms with E-state index in [0.29, 0.717) is 13.2 Å². The maximum atomic E-state index is 11.9. The Morgan fingerprint density at radius 1 is 1.37 bits per heavy atom. The van der Waals surface area contributed by atoms with Gasteiger partial charge in [-0.05, 0) is 25.1 Å². The van der Waals surface area contributed by atoms with Gasteiger partial charge in [-0.1, -0.05) is 32.6 Å². The van der Waals surface area contributed by atoms with Crippen LogP contribution < -0.4 is 5.56 Å². The van der Waals surface area contributed by atoms with Crippen LogP contribution in [0.5, 0.6) is 0 Å². The highest BCUT2D eigenvalue weighted by Gasteiger charge is 2.58. The molecule has 30 heavy (non-hydrogen) atoms. The quantitative estimate of drug-likeness (QED) is 0.246. The lowest BCUT2D eigenvalue weighted by Crippen LogP contribution is -2.48. The van der Waals surface area contributed by atoms with E-state index in [1.54, 1.807) is 0 Å². The van der Waals surface area contributed by atoms with E-state index < -0.39 is 30.0 Å². The smallest absolute Gasteiger partial charge is 0.303 e. The van der Waals surface area contributed by atoms with Gasteiger partial charge in [-0.2, -0.15) is 0 Å². The molecule has 1 aromatic heterocycles. The Bertz CT molecular complexity index is 860. The van der Waals surface area contributed by atoms with Gasteiger partial charge in [-0.25, -0.2) is 0 Å². The van der Waals surface area contributed by atoms with Crippen molar-refractivity contribution >= 4 is 18.2 Å². The van der Waals surface area contributed by atoms with E-state index in [1.807, 2.05) is 6.92 Å². The summed E-state index contributed by atoms with van der Waals surface area (Å²) in [7, 11) is 0. The lowest BCUT2D eigenvalue weighted by atomic mass is 9.96.